The summed E-state index contributed by atoms with van der Waals surface area (Å²) in [5, 5.41) is 19.1. The van der Waals surface area contributed by atoms with Crippen LogP contribution >= 0.6 is 0 Å². The fraction of sp³-hybridized carbons (Fsp3) is 0.545. The van der Waals surface area contributed by atoms with E-state index in [1.165, 1.54) is 0 Å². The van der Waals surface area contributed by atoms with Crippen LogP contribution < -0.4 is 0 Å². The molecule has 2 rings (SSSR count). The number of hydrogen-bond donors (Lipinski definition) is 2. The van der Waals surface area contributed by atoms with Crippen LogP contribution in [0.4, 0.5) is 0 Å². The second-order valence-corrected chi connectivity index (χ2v) is 7.26. The van der Waals surface area contributed by atoms with E-state index in [9.17, 15) is 14.7 Å². The SMILES string of the molecule is COCc1cccc(C(O)/C=C/[C@H]2CCC(=O)N2CCCCCCC(=O)O)c1. The van der Waals surface area contributed by atoms with Gasteiger partial charge in [-0.05, 0) is 30.4 Å². The lowest BCUT2D eigenvalue weighted by Gasteiger charge is -2.22. The van der Waals surface area contributed by atoms with E-state index in [-0.39, 0.29) is 18.4 Å². The summed E-state index contributed by atoms with van der Waals surface area (Å²) in [6.45, 7) is 1.18. The third-order valence-corrected chi connectivity index (χ3v) is 5.03. The van der Waals surface area contributed by atoms with E-state index < -0.39 is 12.1 Å². The Bertz CT molecular complexity index is 673. The minimum atomic E-state index is -0.758. The highest BCUT2D eigenvalue weighted by molar-refractivity contribution is 5.79. The van der Waals surface area contributed by atoms with Gasteiger partial charge in [0.15, 0.2) is 0 Å². The predicted octanol–water partition coefficient (Wildman–Crippen LogP) is 3.45. The maximum Gasteiger partial charge on any atom is 0.303 e. The van der Waals surface area contributed by atoms with E-state index >= 15 is 0 Å². The quantitative estimate of drug-likeness (QED) is 0.422. The normalized spacial score (nSPS) is 18.1. The molecular weight excluding hydrogens is 358 g/mol. The zero-order valence-electron chi connectivity index (χ0n) is 16.5. The van der Waals surface area contributed by atoms with E-state index in [4.69, 9.17) is 9.84 Å². The topological polar surface area (TPSA) is 87.1 Å². The largest absolute Gasteiger partial charge is 0.481 e. The van der Waals surface area contributed by atoms with Gasteiger partial charge >= 0.3 is 5.97 Å². The van der Waals surface area contributed by atoms with Gasteiger partial charge in [-0.25, -0.2) is 0 Å². The van der Waals surface area contributed by atoms with Crippen LogP contribution in [0.15, 0.2) is 36.4 Å². The molecule has 0 aliphatic carbocycles. The molecule has 1 aliphatic rings. The molecule has 6 nitrogen and oxygen atoms in total. The van der Waals surface area contributed by atoms with Crippen LogP contribution in [0.2, 0.25) is 0 Å². The number of aliphatic carboxylic acids is 1. The Morgan fingerprint density at radius 2 is 2.11 bits per heavy atom. The van der Waals surface area contributed by atoms with Crippen molar-refractivity contribution in [1.82, 2.24) is 4.90 Å². The number of carbonyl (C=O) groups is 2. The van der Waals surface area contributed by atoms with E-state index in [2.05, 4.69) is 0 Å². The van der Waals surface area contributed by atoms with Crippen molar-refractivity contribution in [3.05, 3.63) is 47.5 Å². The molecule has 1 fully saturated rings. The Morgan fingerprint density at radius 3 is 2.86 bits per heavy atom. The number of amides is 1. The van der Waals surface area contributed by atoms with Crippen molar-refractivity contribution in [2.45, 2.75) is 63.7 Å². The molecule has 0 spiro atoms. The van der Waals surface area contributed by atoms with Crippen molar-refractivity contribution in [3.8, 4) is 0 Å². The van der Waals surface area contributed by atoms with Gasteiger partial charge in [0, 0.05) is 26.5 Å². The number of unbranched alkanes of at least 4 members (excludes halogenated alkanes) is 3. The molecule has 1 aromatic carbocycles. The van der Waals surface area contributed by atoms with Crippen molar-refractivity contribution in [3.63, 3.8) is 0 Å². The van der Waals surface area contributed by atoms with Crippen molar-refractivity contribution in [2.75, 3.05) is 13.7 Å². The fourth-order valence-corrected chi connectivity index (χ4v) is 3.54. The Balaban J connectivity index is 1.84. The standard InChI is InChI=1S/C22H31NO5/c1-28-16-17-7-6-8-18(15-17)20(24)12-10-19-11-13-21(25)23(19)14-5-3-2-4-9-22(26)27/h6-8,10,12,15,19-20,24H,2-5,9,11,13-14,16H2,1H3,(H,26,27)/b12-10+/t19-,20?/m0/s1. The number of carboxylic acid groups (broad SMARTS) is 1. The summed E-state index contributed by atoms with van der Waals surface area (Å²) in [4.78, 5) is 24.6. The van der Waals surface area contributed by atoms with Crippen molar-refractivity contribution >= 4 is 11.9 Å². The summed E-state index contributed by atoms with van der Waals surface area (Å²) >= 11 is 0. The highest BCUT2D eigenvalue weighted by atomic mass is 16.5. The zero-order valence-corrected chi connectivity index (χ0v) is 16.5. The molecule has 1 saturated heterocycles. The first-order chi connectivity index (χ1) is 13.5. The van der Waals surface area contributed by atoms with Gasteiger partial charge in [-0.15, -0.1) is 0 Å². The van der Waals surface area contributed by atoms with E-state index in [1.54, 1.807) is 13.2 Å². The van der Waals surface area contributed by atoms with Crippen LogP contribution in [0.1, 0.15) is 62.2 Å². The smallest absolute Gasteiger partial charge is 0.303 e. The number of aliphatic hydroxyl groups excluding tert-OH is 1. The number of rotatable bonds is 12. The average molecular weight is 389 g/mol. The second-order valence-electron chi connectivity index (χ2n) is 7.26. The van der Waals surface area contributed by atoms with E-state index in [0.29, 0.717) is 26.0 Å². The van der Waals surface area contributed by atoms with Gasteiger partial charge in [0.2, 0.25) is 5.91 Å². The Kier molecular flexibility index (Phi) is 9.17. The highest BCUT2D eigenvalue weighted by Gasteiger charge is 2.28. The van der Waals surface area contributed by atoms with E-state index in [1.807, 2.05) is 35.2 Å². The van der Waals surface area contributed by atoms with E-state index in [0.717, 1.165) is 36.8 Å². The summed E-state index contributed by atoms with van der Waals surface area (Å²) in [7, 11) is 1.64. The summed E-state index contributed by atoms with van der Waals surface area (Å²) in [6, 6.07) is 7.67. The van der Waals surface area contributed by atoms with Crippen LogP contribution in [0.5, 0.6) is 0 Å². The maximum atomic E-state index is 12.2. The minimum absolute atomic E-state index is 0.0170. The molecule has 6 heteroatoms. The summed E-state index contributed by atoms with van der Waals surface area (Å²) < 4.78 is 5.13. The number of carbonyl (C=O) groups excluding carboxylic acids is 1. The van der Waals surface area contributed by atoms with Gasteiger partial charge in [0.25, 0.3) is 0 Å². The Labute approximate surface area is 166 Å². The first-order valence-corrected chi connectivity index (χ1v) is 9.96. The number of carboxylic acids is 1. The van der Waals surface area contributed by atoms with Crippen LogP contribution in [-0.4, -0.2) is 46.7 Å². The molecule has 0 radical (unpaired) electrons. The van der Waals surface area contributed by atoms with Gasteiger partial charge < -0.3 is 19.8 Å². The molecule has 1 heterocycles. The van der Waals surface area contributed by atoms with Crippen molar-refractivity contribution in [2.24, 2.45) is 0 Å². The van der Waals surface area contributed by atoms with Gasteiger partial charge in [-0.1, -0.05) is 49.3 Å². The number of benzene rings is 1. The van der Waals surface area contributed by atoms with Gasteiger partial charge in [-0.3, -0.25) is 9.59 Å². The van der Waals surface area contributed by atoms with Crippen molar-refractivity contribution < 1.29 is 24.5 Å². The number of ether oxygens (including phenoxy) is 1. The average Bonchev–Trinajstić information content (AvgIpc) is 3.02. The fourth-order valence-electron chi connectivity index (χ4n) is 3.54. The molecule has 0 bridgehead atoms. The number of methoxy groups -OCH3 is 1. The van der Waals surface area contributed by atoms with Crippen LogP contribution in [0.3, 0.4) is 0 Å². The van der Waals surface area contributed by atoms with Crippen LogP contribution in [0.25, 0.3) is 0 Å². The van der Waals surface area contributed by atoms with Gasteiger partial charge in [0.05, 0.1) is 18.8 Å². The highest BCUT2D eigenvalue weighted by Crippen LogP contribution is 2.23. The maximum absolute atomic E-state index is 12.2. The van der Waals surface area contributed by atoms with Gasteiger partial charge in [0.1, 0.15) is 0 Å². The monoisotopic (exact) mass is 389 g/mol. The lowest BCUT2D eigenvalue weighted by molar-refractivity contribution is -0.137. The zero-order chi connectivity index (χ0) is 20.4. The predicted molar refractivity (Wildman–Crippen MR) is 107 cm³/mol. The lowest BCUT2D eigenvalue weighted by atomic mass is 10.0. The molecule has 2 atom stereocenters. The molecule has 154 valence electrons. The molecule has 2 N–H and O–H groups in total. The number of hydrogen-bond acceptors (Lipinski definition) is 4. The third-order valence-electron chi connectivity index (χ3n) is 5.03. The molecule has 1 aromatic rings. The summed E-state index contributed by atoms with van der Waals surface area (Å²) in [5.74, 6) is -0.608. The Morgan fingerprint density at radius 1 is 1.32 bits per heavy atom. The third kappa shape index (κ3) is 7.09. The summed E-state index contributed by atoms with van der Waals surface area (Å²) in [6.07, 6.45) is 7.82. The van der Waals surface area contributed by atoms with Crippen molar-refractivity contribution in [1.29, 1.82) is 0 Å². The minimum Gasteiger partial charge on any atom is -0.481 e. The molecule has 28 heavy (non-hydrogen) atoms. The Hall–Kier alpha value is -2.18. The molecule has 0 saturated carbocycles. The van der Waals surface area contributed by atoms with Crippen LogP contribution in [0, 0.1) is 0 Å². The number of likely N-dealkylation sites (tertiary alicyclic amines) is 1. The van der Waals surface area contributed by atoms with Gasteiger partial charge in [-0.2, -0.15) is 0 Å². The first-order valence-electron chi connectivity index (χ1n) is 9.96. The molecule has 1 unspecified atom stereocenters. The summed E-state index contributed by atoms with van der Waals surface area (Å²) in [5.41, 5.74) is 1.81. The number of aliphatic hydroxyl groups is 1. The molecule has 0 aromatic heterocycles. The second kappa shape index (κ2) is 11.6. The molecule has 1 aliphatic heterocycles. The lowest BCUT2D eigenvalue weighted by Crippen LogP contribution is -2.32. The molecule has 1 amide bonds. The van der Waals surface area contributed by atoms with Crippen LogP contribution in [-0.2, 0) is 20.9 Å². The molecular formula is C22H31NO5. The number of nitrogens with zero attached hydrogens (tertiary/aromatic N) is 1. The first kappa shape index (κ1) is 22.1.